The van der Waals surface area contributed by atoms with Gasteiger partial charge < -0.3 is 5.32 Å². The predicted molar refractivity (Wildman–Crippen MR) is 69.9 cm³/mol. The maximum absolute atomic E-state index is 4.72. The minimum atomic E-state index is 0.185. The molecule has 3 heteroatoms. The lowest BCUT2D eigenvalue weighted by atomic mass is 9.91. The molecule has 1 aliphatic carbocycles. The highest BCUT2D eigenvalue weighted by molar-refractivity contribution is 7.09. The first-order valence-corrected chi connectivity index (χ1v) is 7.32. The Balaban J connectivity index is 2.25. The molecular formula is C13H22N2S. The molecule has 1 aromatic rings. The van der Waals surface area contributed by atoms with Crippen molar-refractivity contribution in [2.75, 3.05) is 6.54 Å². The summed E-state index contributed by atoms with van der Waals surface area (Å²) >= 11 is 1.83. The lowest BCUT2D eigenvalue weighted by Crippen LogP contribution is -2.41. The van der Waals surface area contributed by atoms with Gasteiger partial charge in [0.2, 0.25) is 0 Å². The van der Waals surface area contributed by atoms with Crippen LogP contribution in [-0.4, -0.2) is 11.5 Å². The molecule has 1 fully saturated rings. The third-order valence-electron chi connectivity index (χ3n) is 3.50. The smallest absolute Gasteiger partial charge is 0.113 e. The van der Waals surface area contributed by atoms with Crippen molar-refractivity contribution in [1.29, 1.82) is 0 Å². The van der Waals surface area contributed by atoms with E-state index in [9.17, 15) is 0 Å². The van der Waals surface area contributed by atoms with Crippen molar-refractivity contribution in [1.82, 2.24) is 10.3 Å². The number of hydrogen-bond donors (Lipinski definition) is 1. The second-order valence-electron chi connectivity index (χ2n) is 4.82. The van der Waals surface area contributed by atoms with Crippen molar-refractivity contribution >= 4 is 11.3 Å². The van der Waals surface area contributed by atoms with Gasteiger partial charge in [-0.05, 0) is 26.3 Å². The number of nitrogens with zero attached hydrogens (tertiary/aromatic N) is 1. The van der Waals surface area contributed by atoms with Crippen molar-refractivity contribution in [3.63, 3.8) is 0 Å². The van der Waals surface area contributed by atoms with Gasteiger partial charge in [-0.2, -0.15) is 0 Å². The van der Waals surface area contributed by atoms with Gasteiger partial charge in [0.05, 0.1) is 5.54 Å². The van der Waals surface area contributed by atoms with E-state index in [1.165, 1.54) is 49.2 Å². The molecule has 0 unspecified atom stereocenters. The average molecular weight is 238 g/mol. The standard InChI is InChI=1S/C13H22N2S/c1-3-14-13(8-6-4-5-7-9-13)12-15-11(2)10-16-12/h10,14H,3-9H2,1-2H3. The Kier molecular flexibility index (Phi) is 3.98. The van der Waals surface area contributed by atoms with Crippen molar-refractivity contribution in [3.05, 3.63) is 16.1 Å². The third kappa shape index (κ3) is 2.46. The minimum absolute atomic E-state index is 0.185. The van der Waals surface area contributed by atoms with Crippen LogP contribution in [0.3, 0.4) is 0 Å². The average Bonchev–Trinajstić information content (AvgIpc) is 2.57. The third-order valence-corrected chi connectivity index (χ3v) is 4.66. The van der Waals surface area contributed by atoms with E-state index in [4.69, 9.17) is 4.98 Å². The van der Waals surface area contributed by atoms with Crippen molar-refractivity contribution < 1.29 is 0 Å². The topological polar surface area (TPSA) is 24.9 Å². The monoisotopic (exact) mass is 238 g/mol. The fourth-order valence-corrected chi connectivity index (χ4v) is 3.74. The first-order chi connectivity index (χ1) is 7.77. The molecule has 2 nitrogen and oxygen atoms in total. The molecule has 1 heterocycles. The largest absolute Gasteiger partial charge is 0.306 e. The molecule has 1 N–H and O–H groups in total. The van der Waals surface area contributed by atoms with E-state index >= 15 is 0 Å². The highest BCUT2D eigenvalue weighted by Gasteiger charge is 2.34. The van der Waals surface area contributed by atoms with E-state index in [0.717, 1.165) is 6.54 Å². The zero-order chi connectivity index (χ0) is 11.4. The Bertz CT molecular complexity index is 324. The molecule has 1 aromatic heterocycles. The lowest BCUT2D eigenvalue weighted by Gasteiger charge is -2.31. The van der Waals surface area contributed by atoms with Crippen LogP contribution in [0, 0.1) is 6.92 Å². The van der Waals surface area contributed by atoms with Gasteiger partial charge >= 0.3 is 0 Å². The van der Waals surface area contributed by atoms with Crippen LogP contribution in [0.1, 0.15) is 56.2 Å². The summed E-state index contributed by atoms with van der Waals surface area (Å²) in [4.78, 5) is 4.72. The summed E-state index contributed by atoms with van der Waals surface area (Å²) in [5, 5.41) is 7.21. The highest BCUT2D eigenvalue weighted by Crippen LogP contribution is 2.37. The first-order valence-electron chi connectivity index (χ1n) is 6.44. The predicted octanol–water partition coefficient (Wildman–Crippen LogP) is 3.61. The summed E-state index contributed by atoms with van der Waals surface area (Å²) in [6.07, 6.45) is 7.97. The fourth-order valence-electron chi connectivity index (χ4n) is 2.71. The van der Waals surface area contributed by atoms with Crippen molar-refractivity contribution in [2.24, 2.45) is 0 Å². The fraction of sp³-hybridized carbons (Fsp3) is 0.769. The number of thiazole rings is 1. The number of nitrogens with one attached hydrogen (secondary N) is 1. The molecule has 1 saturated carbocycles. The van der Waals surface area contributed by atoms with Gasteiger partial charge in [0.25, 0.3) is 0 Å². The van der Waals surface area contributed by atoms with Gasteiger partial charge in [-0.15, -0.1) is 11.3 Å². The minimum Gasteiger partial charge on any atom is -0.306 e. The Morgan fingerprint density at radius 2 is 2.00 bits per heavy atom. The molecule has 0 radical (unpaired) electrons. The van der Waals surface area contributed by atoms with Gasteiger partial charge in [0, 0.05) is 11.1 Å². The van der Waals surface area contributed by atoms with Crippen LogP contribution in [0.15, 0.2) is 5.38 Å². The first kappa shape index (κ1) is 12.1. The lowest BCUT2D eigenvalue weighted by molar-refractivity contribution is 0.295. The normalized spacial score (nSPS) is 20.6. The summed E-state index contributed by atoms with van der Waals surface area (Å²) < 4.78 is 0. The molecule has 90 valence electrons. The summed E-state index contributed by atoms with van der Waals surface area (Å²) in [6, 6.07) is 0. The number of aromatic nitrogens is 1. The van der Waals surface area contributed by atoms with Gasteiger partial charge in [-0.3, -0.25) is 0 Å². The summed E-state index contributed by atoms with van der Waals surface area (Å²) in [5.41, 5.74) is 1.35. The Labute approximate surface area is 102 Å². The SMILES string of the molecule is CCNC1(c2nc(C)cs2)CCCCCC1. The molecule has 0 spiro atoms. The van der Waals surface area contributed by atoms with Crippen LogP contribution in [0.2, 0.25) is 0 Å². The van der Waals surface area contributed by atoms with E-state index < -0.39 is 0 Å². The van der Waals surface area contributed by atoms with Crippen LogP contribution >= 0.6 is 11.3 Å². The van der Waals surface area contributed by atoms with Crippen LogP contribution in [0.25, 0.3) is 0 Å². The van der Waals surface area contributed by atoms with Crippen LogP contribution in [0.5, 0.6) is 0 Å². The Morgan fingerprint density at radius 1 is 1.31 bits per heavy atom. The van der Waals surface area contributed by atoms with E-state index in [1.54, 1.807) is 0 Å². The van der Waals surface area contributed by atoms with Crippen molar-refractivity contribution in [2.45, 2.75) is 57.9 Å². The van der Waals surface area contributed by atoms with Gasteiger partial charge in [-0.1, -0.05) is 32.6 Å². The molecule has 16 heavy (non-hydrogen) atoms. The van der Waals surface area contributed by atoms with E-state index in [2.05, 4.69) is 24.5 Å². The zero-order valence-electron chi connectivity index (χ0n) is 10.4. The molecule has 2 rings (SSSR count). The number of aryl methyl sites for hydroxylation is 1. The Morgan fingerprint density at radius 3 is 2.50 bits per heavy atom. The molecular weight excluding hydrogens is 216 g/mol. The highest BCUT2D eigenvalue weighted by atomic mass is 32.1. The molecule has 0 bridgehead atoms. The van der Waals surface area contributed by atoms with Gasteiger partial charge in [0.15, 0.2) is 0 Å². The quantitative estimate of drug-likeness (QED) is 0.814. The summed E-state index contributed by atoms with van der Waals surface area (Å²) in [5.74, 6) is 0. The molecule has 0 saturated heterocycles. The van der Waals surface area contributed by atoms with Crippen LogP contribution < -0.4 is 5.32 Å². The maximum Gasteiger partial charge on any atom is 0.113 e. The number of hydrogen-bond acceptors (Lipinski definition) is 3. The molecule has 0 amide bonds. The molecule has 0 aromatic carbocycles. The van der Waals surface area contributed by atoms with Gasteiger partial charge in [-0.25, -0.2) is 4.98 Å². The van der Waals surface area contributed by atoms with Crippen molar-refractivity contribution in [3.8, 4) is 0 Å². The van der Waals surface area contributed by atoms with E-state index in [1.807, 2.05) is 11.3 Å². The number of rotatable bonds is 3. The van der Waals surface area contributed by atoms with Crippen LogP contribution in [-0.2, 0) is 5.54 Å². The van der Waals surface area contributed by atoms with E-state index in [-0.39, 0.29) is 5.54 Å². The zero-order valence-corrected chi connectivity index (χ0v) is 11.2. The van der Waals surface area contributed by atoms with Crippen LogP contribution in [0.4, 0.5) is 0 Å². The second-order valence-corrected chi connectivity index (χ2v) is 5.68. The maximum atomic E-state index is 4.72. The second kappa shape index (κ2) is 5.28. The van der Waals surface area contributed by atoms with Gasteiger partial charge in [0.1, 0.15) is 5.01 Å². The molecule has 1 aliphatic rings. The summed E-state index contributed by atoms with van der Waals surface area (Å²) in [6.45, 7) is 5.34. The molecule has 0 atom stereocenters. The molecule has 0 aliphatic heterocycles. The van der Waals surface area contributed by atoms with E-state index in [0.29, 0.717) is 0 Å². The summed E-state index contributed by atoms with van der Waals surface area (Å²) in [7, 11) is 0. The Hall–Kier alpha value is -0.410.